The van der Waals surface area contributed by atoms with Gasteiger partial charge in [0.05, 0.1) is 24.4 Å². The van der Waals surface area contributed by atoms with Crippen LogP contribution in [0.2, 0.25) is 0 Å². The lowest BCUT2D eigenvalue weighted by Crippen LogP contribution is -2.29. The number of benzene rings is 2. The standard InChI is InChI=1S/C26H23NO5/c1-15-5-7-17(8-6-15)23-22(25(29)26(30)27(23)14-20-4-3-11-31-20)24(28)18-9-10-21-19(13-18)12-16(2)32-21/h3-11,13,16,23,28H,12,14H2,1-2H3/b24-22+. The second kappa shape index (κ2) is 7.71. The fourth-order valence-electron chi connectivity index (χ4n) is 4.43. The second-order valence-electron chi connectivity index (χ2n) is 8.37. The van der Waals surface area contributed by atoms with Gasteiger partial charge in [-0.2, -0.15) is 0 Å². The van der Waals surface area contributed by atoms with Crippen molar-refractivity contribution in [1.29, 1.82) is 0 Å². The molecular formula is C26H23NO5. The molecular weight excluding hydrogens is 406 g/mol. The predicted molar refractivity (Wildman–Crippen MR) is 118 cm³/mol. The van der Waals surface area contributed by atoms with Gasteiger partial charge >= 0.3 is 0 Å². The van der Waals surface area contributed by atoms with Gasteiger partial charge in [0.25, 0.3) is 11.7 Å². The highest BCUT2D eigenvalue weighted by Gasteiger charge is 2.46. The molecule has 2 atom stereocenters. The molecule has 2 unspecified atom stereocenters. The quantitative estimate of drug-likeness (QED) is 0.374. The summed E-state index contributed by atoms with van der Waals surface area (Å²) in [7, 11) is 0. The molecule has 1 fully saturated rings. The number of Topliss-reactive ketones (excluding diaryl/α,β-unsaturated/α-hetero) is 1. The summed E-state index contributed by atoms with van der Waals surface area (Å²) in [5.41, 5.74) is 3.36. The SMILES string of the molecule is Cc1ccc(C2/C(=C(\O)c3ccc4c(c3)CC(C)O4)C(=O)C(=O)N2Cc2ccco2)cc1. The molecule has 0 radical (unpaired) electrons. The molecule has 1 N–H and O–H groups in total. The average molecular weight is 429 g/mol. The maximum Gasteiger partial charge on any atom is 0.296 e. The van der Waals surface area contributed by atoms with Crippen LogP contribution in [0, 0.1) is 6.92 Å². The van der Waals surface area contributed by atoms with Crippen molar-refractivity contribution in [3.05, 3.63) is 94.4 Å². The summed E-state index contributed by atoms with van der Waals surface area (Å²) in [6.45, 7) is 4.08. The largest absolute Gasteiger partial charge is 0.507 e. The van der Waals surface area contributed by atoms with E-state index in [-0.39, 0.29) is 24.0 Å². The van der Waals surface area contributed by atoms with Crippen molar-refractivity contribution >= 4 is 17.4 Å². The van der Waals surface area contributed by atoms with Gasteiger partial charge in [-0.15, -0.1) is 0 Å². The van der Waals surface area contributed by atoms with Gasteiger partial charge < -0.3 is 19.2 Å². The number of rotatable bonds is 4. The van der Waals surface area contributed by atoms with Crippen molar-refractivity contribution in [3.8, 4) is 5.75 Å². The summed E-state index contributed by atoms with van der Waals surface area (Å²) < 4.78 is 11.2. The number of hydrogen-bond acceptors (Lipinski definition) is 5. The summed E-state index contributed by atoms with van der Waals surface area (Å²) >= 11 is 0. The molecule has 1 saturated heterocycles. The van der Waals surface area contributed by atoms with E-state index in [2.05, 4.69) is 0 Å². The topological polar surface area (TPSA) is 80.0 Å². The molecule has 0 bridgehead atoms. The Morgan fingerprint density at radius 2 is 1.91 bits per heavy atom. The Kier molecular flexibility index (Phi) is 4.85. The lowest BCUT2D eigenvalue weighted by Gasteiger charge is -2.24. The average Bonchev–Trinajstić information content (AvgIpc) is 3.48. The highest BCUT2D eigenvalue weighted by atomic mass is 16.5. The molecule has 2 aromatic carbocycles. The number of amides is 1. The van der Waals surface area contributed by atoms with Gasteiger partial charge in [0.1, 0.15) is 23.4 Å². The Morgan fingerprint density at radius 1 is 1.12 bits per heavy atom. The third-order valence-corrected chi connectivity index (χ3v) is 6.01. The first kappa shape index (κ1) is 20.1. The highest BCUT2D eigenvalue weighted by Crippen LogP contribution is 2.41. The van der Waals surface area contributed by atoms with Crippen LogP contribution in [-0.2, 0) is 22.6 Å². The minimum absolute atomic E-state index is 0.0637. The van der Waals surface area contributed by atoms with E-state index in [4.69, 9.17) is 9.15 Å². The van der Waals surface area contributed by atoms with Crippen LogP contribution in [0.1, 0.15) is 41.0 Å². The minimum atomic E-state index is -0.718. The van der Waals surface area contributed by atoms with Gasteiger partial charge in [0.2, 0.25) is 0 Å². The zero-order chi connectivity index (χ0) is 22.4. The first-order valence-electron chi connectivity index (χ1n) is 10.6. The van der Waals surface area contributed by atoms with Crippen molar-refractivity contribution in [2.24, 2.45) is 0 Å². The van der Waals surface area contributed by atoms with Crippen LogP contribution >= 0.6 is 0 Å². The van der Waals surface area contributed by atoms with Crippen LogP contribution in [0.3, 0.4) is 0 Å². The molecule has 0 saturated carbocycles. The number of ketones is 1. The summed E-state index contributed by atoms with van der Waals surface area (Å²) in [6.07, 6.45) is 2.32. The van der Waals surface area contributed by atoms with Crippen molar-refractivity contribution in [2.45, 2.75) is 39.0 Å². The van der Waals surface area contributed by atoms with Gasteiger partial charge in [0, 0.05) is 12.0 Å². The molecule has 1 amide bonds. The zero-order valence-electron chi connectivity index (χ0n) is 17.9. The Hall–Kier alpha value is -3.80. The van der Waals surface area contributed by atoms with E-state index in [0.29, 0.717) is 11.3 Å². The molecule has 2 aliphatic heterocycles. The number of hydrogen-bond donors (Lipinski definition) is 1. The van der Waals surface area contributed by atoms with E-state index in [0.717, 1.165) is 28.9 Å². The molecule has 6 heteroatoms. The number of furan rings is 1. The van der Waals surface area contributed by atoms with Gasteiger partial charge in [-0.3, -0.25) is 9.59 Å². The maximum absolute atomic E-state index is 13.1. The molecule has 3 aromatic rings. The number of carbonyl (C=O) groups excluding carboxylic acids is 2. The fraction of sp³-hybridized carbons (Fsp3) is 0.231. The smallest absolute Gasteiger partial charge is 0.296 e. The zero-order valence-corrected chi connectivity index (χ0v) is 17.9. The van der Waals surface area contributed by atoms with E-state index in [1.54, 1.807) is 24.3 Å². The van der Waals surface area contributed by atoms with E-state index in [1.807, 2.05) is 44.2 Å². The minimum Gasteiger partial charge on any atom is -0.507 e. The number of likely N-dealkylation sites (tertiary alicyclic amines) is 1. The normalized spacial score (nSPS) is 21.6. The molecule has 2 aliphatic rings. The first-order chi connectivity index (χ1) is 15.4. The van der Waals surface area contributed by atoms with Crippen LogP contribution in [0.15, 0.2) is 70.9 Å². The number of fused-ring (bicyclic) bond motifs is 1. The third kappa shape index (κ3) is 3.38. The van der Waals surface area contributed by atoms with Crippen molar-refractivity contribution in [1.82, 2.24) is 4.90 Å². The lowest BCUT2D eigenvalue weighted by atomic mass is 9.94. The van der Waals surface area contributed by atoms with Crippen LogP contribution < -0.4 is 4.74 Å². The van der Waals surface area contributed by atoms with Crippen molar-refractivity contribution in [2.75, 3.05) is 0 Å². The van der Waals surface area contributed by atoms with Gasteiger partial charge in [-0.05, 0) is 55.3 Å². The van der Waals surface area contributed by atoms with Gasteiger partial charge in [-0.1, -0.05) is 29.8 Å². The maximum atomic E-state index is 13.1. The van der Waals surface area contributed by atoms with Crippen LogP contribution in [0.25, 0.3) is 5.76 Å². The van der Waals surface area contributed by atoms with E-state index >= 15 is 0 Å². The Balaban J connectivity index is 1.63. The number of ether oxygens (including phenoxy) is 1. The van der Waals surface area contributed by atoms with Crippen molar-refractivity contribution < 1.29 is 23.8 Å². The summed E-state index contributed by atoms with van der Waals surface area (Å²) in [6, 6.07) is 15.7. The van der Waals surface area contributed by atoms with Gasteiger partial charge in [-0.25, -0.2) is 0 Å². The molecule has 3 heterocycles. The number of aliphatic hydroxyl groups excluding tert-OH is 1. The summed E-state index contributed by atoms with van der Waals surface area (Å²) in [4.78, 5) is 27.6. The molecule has 162 valence electrons. The molecule has 0 spiro atoms. The molecule has 32 heavy (non-hydrogen) atoms. The number of aliphatic hydroxyl groups is 1. The Bertz CT molecular complexity index is 1220. The number of nitrogens with zero attached hydrogens (tertiary/aromatic N) is 1. The number of aryl methyl sites for hydroxylation is 1. The van der Waals surface area contributed by atoms with Gasteiger partial charge in [0.15, 0.2) is 0 Å². The molecule has 1 aromatic heterocycles. The monoisotopic (exact) mass is 429 g/mol. The van der Waals surface area contributed by atoms with E-state index in [9.17, 15) is 14.7 Å². The second-order valence-corrected chi connectivity index (χ2v) is 8.37. The van der Waals surface area contributed by atoms with Crippen LogP contribution in [0.5, 0.6) is 5.75 Å². The Labute approximate surface area is 185 Å². The first-order valence-corrected chi connectivity index (χ1v) is 10.6. The third-order valence-electron chi connectivity index (χ3n) is 6.01. The number of carbonyl (C=O) groups is 2. The molecule has 6 nitrogen and oxygen atoms in total. The van der Waals surface area contributed by atoms with E-state index < -0.39 is 17.7 Å². The summed E-state index contributed by atoms with van der Waals surface area (Å²) in [5.74, 6) is -0.204. The lowest BCUT2D eigenvalue weighted by molar-refractivity contribution is -0.140. The predicted octanol–water partition coefficient (Wildman–Crippen LogP) is 4.53. The fourth-order valence-corrected chi connectivity index (χ4v) is 4.43. The molecule has 5 rings (SSSR count). The Morgan fingerprint density at radius 3 is 2.62 bits per heavy atom. The van der Waals surface area contributed by atoms with Crippen LogP contribution in [0.4, 0.5) is 0 Å². The molecule has 0 aliphatic carbocycles. The van der Waals surface area contributed by atoms with Crippen LogP contribution in [-0.4, -0.2) is 27.8 Å². The van der Waals surface area contributed by atoms with E-state index in [1.165, 1.54) is 11.2 Å². The van der Waals surface area contributed by atoms with Crippen molar-refractivity contribution in [3.63, 3.8) is 0 Å². The summed E-state index contributed by atoms with van der Waals surface area (Å²) in [5, 5.41) is 11.3. The highest BCUT2D eigenvalue weighted by molar-refractivity contribution is 6.46.